The summed E-state index contributed by atoms with van der Waals surface area (Å²) in [5.41, 5.74) is 4.73. The molecule has 0 aliphatic heterocycles. The second-order valence-corrected chi connectivity index (χ2v) is 5.38. The van der Waals surface area contributed by atoms with Gasteiger partial charge >= 0.3 is 0 Å². The Balaban J connectivity index is 0. The van der Waals surface area contributed by atoms with E-state index in [1.54, 1.807) is 27.7 Å². The van der Waals surface area contributed by atoms with Crippen molar-refractivity contribution >= 4 is 11.8 Å². The zero-order valence-corrected chi connectivity index (χ0v) is 13.1. The molecular formula is C13H28N2O6. The topological polar surface area (TPSA) is 153 Å². The molecule has 0 saturated carbocycles. The third kappa shape index (κ3) is 8.61. The smallest absolute Gasteiger partial charge is 0.251 e. The van der Waals surface area contributed by atoms with Gasteiger partial charge in [-0.1, -0.05) is 27.7 Å². The minimum absolute atomic E-state index is 0.123. The number of carbonyl (C=O) groups excluding carboxylic acids is 2. The fourth-order valence-corrected chi connectivity index (χ4v) is 1.20. The fraction of sp³-hybridized carbons (Fsp3) is 0.846. The molecule has 4 atom stereocenters. The van der Waals surface area contributed by atoms with Gasteiger partial charge in [-0.05, 0) is 11.8 Å². The minimum Gasteiger partial charge on any atom is -0.390 e. The van der Waals surface area contributed by atoms with Crippen LogP contribution in [0.25, 0.3) is 0 Å². The lowest BCUT2D eigenvalue weighted by Crippen LogP contribution is -2.42. The van der Waals surface area contributed by atoms with Crippen LogP contribution >= 0.6 is 0 Å². The molecule has 0 spiro atoms. The molecule has 0 rings (SSSR count). The second kappa shape index (κ2) is 10.5. The van der Waals surface area contributed by atoms with Crippen LogP contribution in [0, 0.1) is 11.8 Å². The minimum atomic E-state index is -1.44. The van der Waals surface area contributed by atoms with E-state index in [9.17, 15) is 14.7 Å². The van der Waals surface area contributed by atoms with Gasteiger partial charge in [0.25, 0.3) is 5.91 Å². The van der Waals surface area contributed by atoms with Gasteiger partial charge < -0.3 is 31.5 Å². The molecule has 7 N–H and O–H groups in total. The number of aliphatic hydroxyl groups excluding tert-OH is 4. The number of nitrogens with one attached hydrogen (secondary N) is 1. The van der Waals surface area contributed by atoms with E-state index in [2.05, 4.69) is 5.32 Å². The molecule has 0 aromatic carbocycles. The molecule has 21 heavy (non-hydrogen) atoms. The molecule has 2 amide bonds. The number of nitrogens with two attached hydrogens (primary N) is 1. The number of carbonyl (C=O) groups is 2. The highest BCUT2D eigenvalue weighted by atomic mass is 16.3. The molecule has 8 nitrogen and oxygen atoms in total. The molecule has 0 aromatic heterocycles. The standard InChI is InChI=1S/C7H15NO3.C6H13NO3/c1-4(2)5(9)6(10)7(11)8-3;1-3(2)4(8)5(9)6(7)10/h4-6,9-10H,1-3H3,(H,8,11);3-5,8-9H,1-2H3,(H2,7,10). The molecule has 0 aliphatic carbocycles. The number of likely N-dealkylation sites (N-methyl/N-ethyl adjacent to an activating group) is 1. The maximum absolute atomic E-state index is 10.7. The highest BCUT2D eigenvalue weighted by molar-refractivity contribution is 5.80. The monoisotopic (exact) mass is 308 g/mol. The van der Waals surface area contributed by atoms with Crippen molar-refractivity contribution in [3.8, 4) is 0 Å². The van der Waals surface area contributed by atoms with Gasteiger partial charge in [0.05, 0.1) is 12.2 Å². The first kappa shape index (κ1) is 22.1. The molecular weight excluding hydrogens is 280 g/mol. The van der Waals surface area contributed by atoms with Crippen LogP contribution in [0.1, 0.15) is 27.7 Å². The summed E-state index contributed by atoms with van der Waals surface area (Å²) < 4.78 is 0. The molecule has 0 radical (unpaired) electrons. The summed E-state index contributed by atoms with van der Waals surface area (Å²) in [5.74, 6) is -1.72. The van der Waals surface area contributed by atoms with Crippen molar-refractivity contribution in [1.82, 2.24) is 5.32 Å². The Morgan fingerprint density at radius 2 is 1.19 bits per heavy atom. The summed E-state index contributed by atoms with van der Waals surface area (Å²) in [4.78, 5) is 21.0. The number of amides is 2. The van der Waals surface area contributed by atoms with Crippen LogP contribution in [0.2, 0.25) is 0 Å². The Labute approximate surface area is 125 Å². The fourth-order valence-electron chi connectivity index (χ4n) is 1.20. The molecule has 0 fully saturated rings. The lowest BCUT2D eigenvalue weighted by atomic mass is 10.0. The number of aliphatic hydroxyl groups is 4. The summed E-state index contributed by atoms with van der Waals surface area (Å²) in [7, 11) is 1.42. The lowest BCUT2D eigenvalue weighted by Gasteiger charge is -2.19. The van der Waals surface area contributed by atoms with Crippen LogP contribution in [0.3, 0.4) is 0 Å². The summed E-state index contributed by atoms with van der Waals surface area (Å²) in [6.07, 6.45) is -4.81. The number of hydrogen-bond donors (Lipinski definition) is 6. The second-order valence-electron chi connectivity index (χ2n) is 5.38. The van der Waals surface area contributed by atoms with Crippen LogP contribution in [0.4, 0.5) is 0 Å². The van der Waals surface area contributed by atoms with Crippen LogP contribution in [-0.4, -0.2) is 63.7 Å². The van der Waals surface area contributed by atoms with Gasteiger partial charge in [-0.15, -0.1) is 0 Å². The van der Waals surface area contributed by atoms with Crippen molar-refractivity contribution in [3.63, 3.8) is 0 Å². The van der Waals surface area contributed by atoms with Crippen molar-refractivity contribution in [2.45, 2.75) is 52.1 Å². The van der Waals surface area contributed by atoms with E-state index in [0.29, 0.717) is 0 Å². The van der Waals surface area contributed by atoms with Crippen LogP contribution in [0.15, 0.2) is 0 Å². The zero-order chi connectivity index (χ0) is 17.3. The largest absolute Gasteiger partial charge is 0.390 e. The first-order chi connectivity index (χ1) is 9.47. The quantitative estimate of drug-likeness (QED) is 0.332. The van der Waals surface area contributed by atoms with E-state index < -0.39 is 36.2 Å². The van der Waals surface area contributed by atoms with Crippen LogP contribution in [0.5, 0.6) is 0 Å². The Bertz CT molecular complexity index is 322. The highest BCUT2D eigenvalue weighted by Gasteiger charge is 2.25. The normalized spacial score (nSPS) is 16.5. The summed E-state index contributed by atoms with van der Waals surface area (Å²) in [5, 5.41) is 38.4. The van der Waals surface area contributed by atoms with Crippen LogP contribution in [-0.2, 0) is 9.59 Å². The van der Waals surface area contributed by atoms with Crippen molar-refractivity contribution in [2.75, 3.05) is 7.05 Å². The maximum Gasteiger partial charge on any atom is 0.251 e. The molecule has 0 aromatic rings. The SMILES string of the molecule is CC(C)C(O)C(O)C(N)=O.CNC(=O)C(O)C(O)C(C)C. The molecule has 0 aliphatic rings. The van der Waals surface area contributed by atoms with Gasteiger partial charge in [0.15, 0.2) is 12.2 Å². The molecule has 126 valence electrons. The van der Waals surface area contributed by atoms with E-state index >= 15 is 0 Å². The van der Waals surface area contributed by atoms with Crippen molar-refractivity contribution in [3.05, 3.63) is 0 Å². The van der Waals surface area contributed by atoms with Crippen LogP contribution < -0.4 is 11.1 Å². The zero-order valence-electron chi connectivity index (χ0n) is 13.1. The third-order valence-electron chi connectivity index (χ3n) is 2.82. The molecule has 0 bridgehead atoms. The van der Waals surface area contributed by atoms with Gasteiger partial charge in [-0.3, -0.25) is 9.59 Å². The Morgan fingerprint density at radius 1 is 0.857 bits per heavy atom. The van der Waals surface area contributed by atoms with E-state index in [1.165, 1.54) is 7.05 Å². The summed E-state index contributed by atoms with van der Waals surface area (Å²) in [6.45, 7) is 6.85. The average Bonchev–Trinajstić information content (AvgIpc) is 2.43. The number of primary amides is 1. The maximum atomic E-state index is 10.7. The average molecular weight is 308 g/mol. The van der Waals surface area contributed by atoms with Gasteiger partial charge in [-0.25, -0.2) is 0 Å². The first-order valence-corrected chi connectivity index (χ1v) is 6.70. The Kier molecular flexibility index (Phi) is 11.0. The Hall–Kier alpha value is -1.22. The Morgan fingerprint density at radius 3 is 1.38 bits per heavy atom. The van der Waals surface area contributed by atoms with Gasteiger partial charge in [-0.2, -0.15) is 0 Å². The third-order valence-corrected chi connectivity index (χ3v) is 2.82. The highest BCUT2D eigenvalue weighted by Crippen LogP contribution is 2.06. The summed E-state index contributed by atoms with van der Waals surface area (Å²) >= 11 is 0. The first-order valence-electron chi connectivity index (χ1n) is 6.70. The van der Waals surface area contributed by atoms with E-state index in [-0.39, 0.29) is 11.8 Å². The lowest BCUT2D eigenvalue weighted by molar-refractivity contribution is -0.136. The molecule has 0 saturated heterocycles. The van der Waals surface area contributed by atoms with Crippen molar-refractivity contribution < 1.29 is 30.0 Å². The van der Waals surface area contributed by atoms with E-state index in [1.807, 2.05) is 0 Å². The number of hydrogen-bond acceptors (Lipinski definition) is 6. The van der Waals surface area contributed by atoms with Gasteiger partial charge in [0, 0.05) is 7.05 Å². The predicted octanol–water partition coefficient (Wildman–Crippen LogP) is -2.04. The van der Waals surface area contributed by atoms with E-state index in [0.717, 1.165) is 0 Å². The van der Waals surface area contributed by atoms with Crippen molar-refractivity contribution in [2.24, 2.45) is 17.6 Å². The number of rotatable bonds is 6. The predicted molar refractivity (Wildman–Crippen MR) is 77.0 cm³/mol. The molecule has 0 heterocycles. The van der Waals surface area contributed by atoms with Gasteiger partial charge in [0.2, 0.25) is 5.91 Å². The van der Waals surface area contributed by atoms with E-state index in [4.69, 9.17) is 21.1 Å². The summed E-state index contributed by atoms with van der Waals surface area (Å²) in [6, 6.07) is 0. The van der Waals surface area contributed by atoms with Crippen molar-refractivity contribution in [1.29, 1.82) is 0 Å². The molecule has 8 heteroatoms. The molecule has 4 unspecified atom stereocenters. The van der Waals surface area contributed by atoms with Gasteiger partial charge in [0.1, 0.15) is 0 Å².